The predicted molar refractivity (Wildman–Crippen MR) is 114 cm³/mol. The highest BCUT2D eigenvalue weighted by Crippen LogP contribution is 2.21. The van der Waals surface area contributed by atoms with Gasteiger partial charge in [-0.2, -0.15) is 0 Å². The molecule has 1 aliphatic heterocycles. The number of hydrogen-bond acceptors (Lipinski definition) is 4. The van der Waals surface area contributed by atoms with Gasteiger partial charge in [-0.3, -0.25) is 14.4 Å². The molecule has 1 aromatic carbocycles. The van der Waals surface area contributed by atoms with Crippen molar-refractivity contribution in [1.82, 2.24) is 14.9 Å². The third-order valence-electron chi connectivity index (χ3n) is 5.12. The van der Waals surface area contributed by atoms with Gasteiger partial charge in [-0.25, -0.2) is 4.98 Å². The minimum atomic E-state index is -0.275. The van der Waals surface area contributed by atoms with Crippen LogP contribution in [0.2, 0.25) is 0 Å². The number of rotatable bonds is 3. The lowest BCUT2D eigenvalue weighted by atomic mass is 9.95. The van der Waals surface area contributed by atoms with Crippen LogP contribution < -0.4 is 10.9 Å². The summed E-state index contributed by atoms with van der Waals surface area (Å²) in [5.74, 6) is 0.0120. The van der Waals surface area contributed by atoms with Crippen LogP contribution in [0.25, 0.3) is 10.8 Å². The first kappa shape index (κ1) is 19.3. The Kier molecular flexibility index (Phi) is 5.44. The quantitative estimate of drug-likeness (QED) is 0.635. The number of anilines is 1. The van der Waals surface area contributed by atoms with Gasteiger partial charge in [0.2, 0.25) is 5.91 Å². The van der Waals surface area contributed by atoms with E-state index in [-0.39, 0.29) is 29.0 Å². The fraction of sp³-hybridized carbons (Fsp3) is 0.238. The van der Waals surface area contributed by atoms with Crippen molar-refractivity contribution in [2.75, 3.05) is 18.4 Å². The molecular weight excluding hydrogens is 436 g/mol. The topological polar surface area (TPSA) is 95.2 Å². The van der Waals surface area contributed by atoms with E-state index in [1.54, 1.807) is 35.4 Å². The molecule has 1 fully saturated rings. The van der Waals surface area contributed by atoms with Crippen LogP contribution in [-0.2, 0) is 4.79 Å². The number of aromatic nitrogens is 2. The smallest absolute Gasteiger partial charge is 0.270 e. The van der Waals surface area contributed by atoms with E-state index in [4.69, 9.17) is 0 Å². The van der Waals surface area contributed by atoms with Crippen LogP contribution >= 0.6 is 15.9 Å². The fourth-order valence-corrected chi connectivity index (χ4v) is 3.75. The molecular formula is C21H19BrN4O3. The number of aromatic amines is 1. The maximum Gasteiger partial charge on any atom is 0.270 e. The van der Waals surface area contributed by atoms with Gasteiger partial charge < -0.3 is 15.2 Å². The molecule has 0 spiro atoms. The van der Waals surface area contributed by atoms with Crippen LogP contribution in [0.5, 0.6) is 0 Å². The van der Waals surface area contributed by atoms with E-state index in [1.807, 2.05) is 18.2 Å². The van der Waals surface area contributed by atoms with E-state index in [2.05, 4.69) is 31.2 Å². The third kappa shape index (κ3) is 4.22. The van der Waals surface area contributed by atoms with Crippen molar-refractivity contribution in [3.8, 4) is 0 Å². The summed E-state index contributed by atoms with van der Waals surface area (Å²) >= 11 is 3.31. The largest absolute Gasteiger partial charge is 0.337 e. The summed E-state index contributed by atoms with van der Waals surface area (Å²) in [6.07, 6.45) is 2.75. The summed E-state index contributed by atoms with van der Waals surface area (Å²) in [5, 5.41) is 4.11. The van der Waals surface area contributed by atoms with Gasteiger partial charge in [0.05, 0.1) is 0 Å². The number of pyridine rings is 2. The first-order chi connectivity index (χ1) is 14.0. The molecule has 4 rings (SSSR count). The van der Waals surface area contributed by atoms with Crippen LogP contribution in [0.3, 0.4) is 0 Å². The van der Waals surface area contributed by atoms with Crippen molar-refractivity contribution in [2.24, 2.45) is 5.92 Å². The molecule has 3 aromatic rings. The third-order valence-corrected chi connectivity index (χ3v) is 5.58. The Hall–Kier alpha value is -3.00. The summed E-state index contributed by atoms with van der Waals surface area (Å²) in [5.41, 5.74) is -0.00150. The van der Waals surface area contributed by atoms with Crippen LogP contribution in [0.4, 0.5) is 5.82 Å². The maximum atomic E-state index is 12.8. The minimum absolute atomic E-state index is 0.0916. The highest BCUT2D eigenvalue weighted by molar-refractivity contribution is 9.10. The van der Waals surface area contributed by atoms with E-state index in [0.717, 1.165) is 9.86 Å². The average Bonchev–Trinajstić information content (AvgIpc) is 2.75. The number of carbonyl (C=O) groups is 2. The molecule has 0 bridgehead atoms. The van der Waals surface area contributed by atoms with Gasteiger partial charge in [-0.1, -0.05) is 18.2 Å². The number of halogens is 1. The van der Waals surface area contributed by atoms with Crippen molar-refractivity contribution in [3.63, 3.8) is 0 Å². The van der Waals surface area contributed by atoms with Crippen molar-refractivity contribution in [3.05, 3.63) is 69.2 Å². The number of piperidine rings is 1. The number of fused-ring (bicyclic) bond motifs is 1. The lowest BCUT2D eigenvalue weighted by Crippen LogP contribution is -2.42. The first-order valence-electron chi connectivity index (χ1n) is 9.35. The number of benzene rings is 1. The van der Waals surface area contributed by atoms with Gasteiger partial charge in [-0.05, 0) is 58.4 Å². The molecule has 0 aliphatic carbocycles. The molecule has 0 atom stereocenters. The molecule has 2 amide bonds. The number of hydrogen-bond donors (Lipinski definition) is 2. The number of likely N-dealkylation sites (tertiary alicyclic amines) is 1. The van der Waals surface area contributed by atoms with Crippen LogP contribution in [0.15, 0.2) is 57.9 Å². The molecule has 8 heteroatoms. The zero-order chi connectivity index (χ0) is 20.4. The number of nitrogens with zero attached hydrogens (tertiary/aromatic N) is 2. The van der Waals surface area contributed by atoms with E-state index in [0.29, 0.717) is 37.1 Å². The summed E-state index contributed by atoms with van der Waals surface area (Å²) < 4.78 is 0.842. The van der Waals surface area contributed by atoms with E-state index in [9.17, 15) is 14.4 Å². The van der Waals surface area contributed by atoms with E-state index < -0.39 is 0 Å². The van der Waals surface area contributed by atoms with Gasteiger partial charge in [-0.15, -0.1) is 0 Å². The second kappa shape index (κ2) is 8.16. The van der Waals surface area contributed by atoms with Gasteiger partial charge in [0.1, 0.15) is 11.5 Å². The van der Waals surface area contributed by atoms with E-state index >= 15 is 0 Å². The van der Waals surface area contributed by atoms with Crippen molar-refractivity contribution >= 4 is 44.3 Å². The second-order valence-corrected chi connectivity index (χ2v) is 7.93. The van der Waals surface area contributed by atoms with Gasteiger partial charge >= 0.3 is 0 Å². The summed E-state index contributed by atoms with van der Waals surface area (Å²) in [4.78, 5) is 46.1. The lowest BCUT2D eigenvalue weighted by molar-refractivity contribution is -0.121. The summed E-state index contributed by atoms with van der Waals surface area (Å²) in [7, 11) is 0. The Morgan fingerprint density at radius 1 is 1.14 bits per heavy atom. The van der Waals surface area contributed by atoms with Crippen molar-refractivity contribution in [1.29, 1.82) is 0 Å². The monoisotopic (exact) mass is 454 g/mol. The Morgan fingerprint density at radius 3 is 2.62 bits per heavy atom. The van der Waals surface area contributed by atoms with Crippen molar-refractivity contribution < 1.29 is 9.59 Å². The van der Waals surface area contributed by atoms with Crippen LogP contribution in [0, 0.1) is 5.92 Å². The number of amides is 2. The fourth-order valence-electron chi connectivity index (χ4n) is 3.52. The van der Waals surface area contributed by atoms with Gasteiger partial charge in [0.15, 0.2) is 0 Å². The molecule has 7 nitrogen and oxygen atoms in total. The molecule has 1 saturated heterocycles. The second-order valence-electron chi connectivity index (χ2n) is 7.02. The number of H-pyrrole nitrogens is 1. The van der Waals surface area contributed by atoms with E-state index in [1.165, 1.54) is 0 Å². The molecule has 0 radical (unpaired) electrons. The Balaban J connectivity index is 1.40. The number of nitrogens with one attached hydrogen (secondary N) is 2. The molecule has 148 valence electrons. The number of carbonyl (C=O) groups excluding carboxylic acids is 2. The highest BCUT2D eigenvalue weighted by atomic mass is 79.9. The molecule has 2 N–H and O–H groups in total. The summed E-state index contributed by atoms with van der Waals surface area (Å²) in [6.45, 7) is 0.916. The first-order valence-corrected chi connectivity index (χ1v) is 10.1. The SMILES string of the molecule is O=C(Nc1ccc(Br)cn1)C1CCN(C(=O)c2cc3ccccc3c(=O)[nH]2)CC1. The molecule has 2 aromatic heterocycles. The van der Waals surface area contributed by atoms with Crippen molar-refractivity contribution in [2.45, 2.75) is 12.8 Å². The standard InChI is InChI=1S/C21H19BrN4O3/c22-15-5-6-18(23-12-15)25-19(27)13-7-9-26(10-8-13)21(29)17-11-14-3-1-2-4-16(14)20(28)24-17/h1-6,11-13H,7-10H2,(H,24,28)(H,23,25,27). The molecule has 1 aliphatic rings. The average molecular weight is 455 g/mol. The van der Waals surface area contributed by atoms with Crippen LogP contribution in [-0.4, -0.2) is 39.8 Å². The minimum Gasteiger partial charge on any atom is -0.337 e. The Bertz CT molecular complexity index is 1120. The zero-order valence-corrected chi connectivity index (χ0v) is 17.1. The van der Waals surface area contributed by atoms with Gasteiger partial charge in [0.25, 0.3) is 11.5 Å². The molecule has 29 heavy (non-hydrogen) atoms. The molecule has 0 saturated carbocycles. The Labute approximate surface area is 175 Å². The van der Waals surface area contributed by atoms with Crippen LogP contribution in [0.1, 0.15) is 23.3 Å². The molecule has 3 heterocycles. The Morgan fingerprint density at radius 2 is 1.90 bits per heavy atom. The highest BCUT2D eigenvalue weighted by Gasteiger charge is 2.28. The lowest BCUT2D eigenvalue weighted by Gasteiger charge is -2.31. The maximum absolute atomic E-state index is 12.8. The molecule has 0 unspecified atom stereocenters. The normalized spacial score (nSPS) is 14.7. The summed E-state index contributed by atoms with van der Waals surface area (Å²) in [6, 6.07) is 12.4. The van der Waals surface area contributed by atoms with Gasteiger partial charge in [0, 0.05) is 35.1 Å². The zero-order valence-electron chi connectivity index (χ0n) is 15.5. The predicted octanol–water partition coefficient (Wildman–Crippen LogP) is 3.18.